The molecule has 1 aliphatic heterocycles. The van der Waals surface area contributed by atoms with Crippen LogP contribution in [0, 0.1) is 0 Å². The molecular formula is C20H14N2O4. The molecule has 0 radical (unpaired) electrons. The number of carbonyl (C=O) groups excluding carboxylic acids is 3. The molecule has 0 saturated carbocycles. The van der Waals surface area contributed by atoms with E-state index in [9.17, 15) is 14.4 Å². The van der Waals surface area contributed by atoms with E-state index in [2.05, 4.69) is 4.98 Å². The Labute approximate surface area is 149 Å². The summed E-state index contributed by atoms with van der Waals surface area (Å²) in [5.74, 6) is -2.08. The predicted octanol–water partition coefficient (Wildman–Crippen LogP) is 3.17. The van der Waals surface area contributed by atoms with E-state index in [0.29, 0.717) is 17.2 Å². The van der Waals surface area contributed by atoms with E-state index in [-0.39, 0.29) is 16.7 Å². The second-order valence-electron chi connectivity index (χ2n) is 5.86. The summed E-state index contributed by atoms with van der Waals surface area (Å²) in [5, 5.41) is 1.29. The highest BCUT2D eigenvalue weighted by Crippen LogP contribution is 2.24. The van der Waals surface area contributed by atoms with Crippen molar-refractivity contribution in [2.75, 3.05) is 0 Å². The van der Waals surface area contributed by atoms with Gasteiger partial charge in [0.15, 0.2) is 0 Å². The highest BCUT2D eigenvalue weighted by molar-refractivity contribution is 6.21. The molecule has 0 unspecified atom stereocenters. The maximum absolute atomic E-state index is 12.7. The van der Waals surface area contributed by atoms with E-state index in [0.717, 1.165) is 10.9 Å². The quantitative estimate of drug-likeness (QED) is 0.681. The van der Waals surface area contributed by atoms with Crippen molar-refractivity contribution in [1.29, 1.82) is 0 Å². The Morgan fingerprint density at radius 1 is 1.00 bits per heavy atom. The zero-order valence-corrected chi connectivity index (χ0v) is 13.9. The lowest BCUT2D eigenvalue weighted by molar-refractivity contribution is -0.0585. The SMILES string of the molecule is CCc1nc2ccccc2cc1C(=O)ON1C(=O)c2ccccc2C1=O. The van der Waals surface area contributed by atoms with Crippen molar-refractivity contribution in [2.24, 2.45) is 0 Å². The van der Waals surface area contributed by atoms with E-state index in [1.165, 1.54) is 12.1 Å². The molecule has 0 spiro atoms. The first-order chi connectivity index (χ1) is 12.6. The van der Waals surface area contributed by atoms with Gasteiger partial charge in [-0.2, -0.15) is 0 Å². The van der Waals surface area contributed by atoms with Crippen LogP contribution in [0.15, 0.2) is 54.6 Å². The average Bonchev–Trinajstić information content (AvgIpc) is 2.92. The number of benzene rings is 2. The summed E-state index contributed by atoms with van der Waals surface area (Å²) in [6.45, 7) is 1.87. The second-order valence-corrected chi connectivity index (χ2v) is 5.86. The van der Waals surface area contributed by atoms with Gasteiger partial charge in [0.25, 0.3) is 11.8 Å². The van der Waals surface area contributed by atoms with Gasteiger partial charge in [0.2, 0.25) is 0 Å². The number of imide groups is 1. The third-order valence-electron chi connectivity index (χ3n) is 4.29. The smallest absolute Gasteiger partial charge is 0.324 e. The molecule has 4 rings (SSSR count). The van der Waals surface area contributed by atoms with Crippen molar-refractivity contribution in [3.63, 3.8) is 0 Å². The molecule has 6 nitrogen and oxygen atoms in total. The standard InChI is InChI=1S/C20H14N2O4/c1-2-16-15(11-12-7-3-6-10-17(12)21-16)20(25)26-22-18(23)13-8-4-5-9-14(13)19(22)24/h3-11H,2H2,1H3. The number of hydroxylamine groups is 2. The number of aromatic nitrogens is 1. The number of hydrogen-bond acceptors (Lipinski definition) is 5. The molecule has 1 aliphatic rings. The van der Waals surface area contributed by atoms with Crippen LogP contribution in [0.2, 0.25) is 0 Å². The van der Waals surface area contributed by atoms with Crippen LogP contribution < -0.4 is 0 Å². The number of rotatable bonds is 3. The summed E-state index contributed by atoms with van der Waals surface area (Å²) in [5.41, 5.74) is 1.99. The zero-order valence-electron chi connectivity index (χ0n) is 13.9. The number of pyridine rings is 1. The second kappa shape index (κ2) is 6.07. The van der Waals surface area contributed by atoms with Gasteiger partial charge in [0.05, 0.1) is 27.9 Å². The summed E-state index contributed by atoms with van der Waals surface area (Å²) in [6.07, 6.45) is 0.511. The third-order valence-corrected chi connectivity index (χ3v) is 4.29. The van der Waals surface area contributed by atoms with Gasteiger partial charge in [-0.25, -0.2) is 4.79 Å². The number of carbonyl (C=O) groups is 3. The van der Waals surface area contributed by atoms with Gasteiger partial charge >= 0.3 is 5.97 Å². The van der Waals surface area contributed by atoms with Crippen LogP contribution >= 0.6 is 0 Å². The molecule has 0 aliphatic carbocycles. The Bertz CT molecular complexity index is 1040. The van der Waals surface area contributed by atoms with Crippen molar-refractivity contribution >= 4 is 28.7 Å². The summed E-state index contributed by atoms with van der Waals surface area (Å²) in [4.78, 5) is 47.0. The Morgan fingerprint density at radius 3 is 2.27 bits per heavy atom. The van der Waals surface area contributed by atoms with Crippen LogP contribution in [0.3, 0.4) is 0 Å². The highest BCUT2D eigenvalue weighted by atomic mass is 16.7. The number of fused-ring (bicyclic) bond motifs is 2. The molecule has 0 bridgehead atoms. The van der Waals surface area contributed by atoms with Crippen molar-refractivity contribution in [1.82, 2.24) is 10.0 Å². The lowest BCUT2D eigenvalue weighted by atomic mass is 10.1. The molecule has 128 valence electrons. The fourth-order valence-corrected chi connectivity index (χ4v) is 2.98. The number of amides is 2. The Morgan fingerprint density at radius 2 is 1.62 bits per heavy atom. The molecule has 6 heteroatoms. The molecule has 2 heterocycles. The number of hydrogen-bond donors (Lipinski definition) is 0. The first-order valence-corrected chi connectivity index (χ1v) is 8.19. The van der Waals surface area contributed by atoms with Gasteiger partial charge in [-0.05, 0) is 30.7 Å². The zero-order chi connectivity index (χ0) is 18.3. The molecule has 0 fully saturated rings. The fourth-order valence-electron chi connectivity index (χ4n) is 2.98. The third kappa shape index (κ3) is 2.43. The van der Waals surface area contributed by atoms with E-state index >= 15 is 0 Å². The predicted molar refractivity (Wildman–Crippen MR) is 93.5 cm³/mol. The van der Waals surface area contributed by atoms with E-state index in [1.807, 2.05) is 31.2 Å². The molecule has 2 amide bonds. The summed E-state index contributed by atoms with van der Waals surface area (Å²) in [7, 11) is 0. The van der Waals surface area contributed by atoms with Crippen molar-refractivity contribution in [3.05, 3.63) is 77.0 Å². The molecular weight excluding hydrogens is 332 g/mol. The van der Waals surface area contributed by atoms with Crippen LogP contribution in [0.4, 0.5) is 0 Å². The van der Waals surface area contributed by atoms with E-state index in [4.69, 9.17) is 4.84 Å². The highest BCUT2D eigenvalue weighted by Gasteiger charge is 2.39. The average molecular weight is 346 g/mol. The molecule has 3 aromatic rings. The van der Waals surface area contributed by atoms with Gasteiger partial charge in [0.1, 0.15) is 0 Å². The summed E-state index contributed by atoms with van der Waals surface area (Å²) < 4.78 is 0. The largest absolute Gasteiger partial charge is 0.365 e. The number of nitrogens with zero attached hydrogens (tertiary/aromatic N) is 2. The fraction of sp³-hybridized carbons (Fsp3) is 0.100. The van der Waals surface area contributed by atoms with Crippen LogP contribution in [0.25, 0.3) is 10.9 Å². The molecule has 2 aromatic carbocycles. The summed E-state index contributed by atoms with van der Waals surface area (Å²) in [6, 6.07) is 15.4. The number of para-hydroxylation sites is 1. The van der Waals surface area contributed by atoms with Gasteiger partial charge in [-0.15, -0.1) is 0 Å². The molecule has 1 aromatic heterocycles. The van der Waals surface area contributed by atoms with Gasteiger partial charge in [-0.1, -0.05) is 42.3 Å². The first kappa shape index (κ1) is 16.0. The molecule has 0 atom stereocenters. The van der Waals surface area contributed by atoms with E-state index < -0.39 is 17.8 Å². The minimum absolute atomic E-state index is 0.220. The van der Waals surface area contributed by atoms with Gasteiger partial charge in [-0.3, -0.25) is 14.6 Å². The van der Waals surface area contributed by atoms with Crippen LogP contribution in [0.5, 0.6) is 0 Å². The Hall–Kier alpha value is -3.54. The van der Waals surface area contributed by atoms with Gasteiger partial charge < -0.3 is 4.84 Å². The van der Waals surface area contributed by atoms with Crippen molar-refractivity contribution < 1.29 is 19.2 Å². The number of aryl methyl sites for hydroxylation is 1. The van der Waals surface area contributed by atoms with Crippen LogP contribution in [-0.2, 0) is 11.3 Å². The van der Waals surface area contributed by atoms with Crippen molar-refractivity contribution in [3.8, 4) is 0 Å². The lowest BCUT2D eigenvalue weighted by Crippen LogP contribution is -2.33. The lowest BCUT2D eigenvalue weighted by Gasteiger charge is -2.14. The van der Waals surface area contributed by atoms with Gasteiger partial charge in [0, 0.05) is 5.39 Å². The first-order valence-electron chi connectivity index (χ1n) is 8.19. The Balaban J connectivity index is 1.68. The van der Waals surface area contributed by atoms with Crippen LogP contribution in [0.1, 0.15) is 43.7 Å². The topological polar surface area (TPSA) is 76.6 Å². The maximum atomic E-state index is 12.7. The molecule has 0 N–H and O–H groups in total. The van der Waals surface area contributed by atoms with E-state index in [1.54, 1.807) is 18.2 Å². The maximum Gasteiger partial charge on any atom is 0.365 e. The molecule has 26 heavy (non-hydrogen) atoms. The summed E-state index contributed by atoms with van der Waals surface area (Å²) >= 11 is 0. The van der Waals surface area contributed by atoms with Crippen LogP contribution in [-0.4, -0.2) is 27.8 Å². The van der Waals surface area contributed by atoms with Crippen molar-refractivity contribution in [2.45, 2.75) is 13.3 Å². The minimum atomic E-state index is -0.783. The minimum Gasteiger partial charge on any atom is -0.324 e. The normalized spacial score (nSPS) is 13.2. The molecule has 0 saturated heterocycles. The monoisotopic (exact) mass is 346 g/mol. The Kier molecular flexibility index (Phi) is 3.73.